The quantitative estimate of drug-likeness (QED) is 0.654. The normalized spacial score (nSPS) is 15.9. The average Bonchev–Trinajstić information content (AvgIpc) is 2.48. The number of ether oxygens (including phenoxy) is 1. The molecule has 2 rings (SSSR count). The SMILES string of the molecule is COC(=O)c1cc(NCC2CCCCC2)cc(C)c1N. The first kappa shape index (κ1) is 14.7. The summed E-state index contributed by atoms with van der Waals surface area (Å²) >= 11 is 0. The monoisotopic (exact) mass is 276 g/mol. The molecule has 0 amide bonds. The van der Waals surface area contributed by atoms with Crippen LogP contribution >= 0.6 is 0 Å². The summed E-state index contributed by atoms with van der Waals surface area (Å²) in [5.74, 6) is 0.357. The van der Waals surface area contributed by atoms with Gasteiger partial charge in [0.25, 0.3) is 0 Å². The molecule has 1 aromatic rings. The molecule has 0 saturated heterocycles. The number of esters is 1. The van der Waals surface area contributed by atoms with E-state index in [4.69, 9.17) is 10.5 Å². The molecule has 4 nitrogen and oxygen atoms in total. The Kier molecular flexibility index (Phi) is 4.88. The van der Waals surface area contributed by atoms with E-state index in [0.717, 1.165) is 23.7 Å². The van der Waals surface area contributed by atoms with Crippen LogP contribution in [0.3, 0.4) is 0 Å². The van der Waals surface area contributed by atoms with Crippen LogP contribution in [0.25, 0.3) is 0 Å². The van der Waals surface area contributed by atoms with Gasteiger partial charge in [-0.15, -0.1) is 0 Å². The van der Waals surface area contributed by atoms with Gasteiger partial charge in [0, 0.05) is 17.9 Å². The van der Waals surface area contributed by atoms with Crippen LogP contribution in [-0.2, 0) is 4.74 Å². The summed E-state index contributed by atoms with van der Waals surface area (Å²) in [5.41, 5.74) is 8.73. The Labute approximate surface area is 120 Å². The molecule has 0 unspecified atom stereocenters. The third kappa shape index (κ3) is 3.44. The topological polar surface area (TPSA) is 64.3 Å². The molecule has 3 N–H and O–H groups in total. The van der Waals surface area contributed by atoms with E-state index in [-0.39, 0.29) is 5.97 Å². The van der Waals surface area contributed by atoms with Crippen molar-refractivity contribution in [3.8, 4) is 0 Å². The van der Waals surface area contributed by atoms with Gasteiger partial charge in [-0.05, 0) is 43.4 Å². The Morgan fingerprint density at radius 3 is 2.70 bits per heavy atom. The van der Waals surface area contributed by atoms with Crippen molar-refractivity contribution in [1.29, 1.82) is 0 Å². The van der Waals surface area contributed by atoms with Gasteiger partial charge in [-0.25, -0.2) is 4.79 Å². The highest BCUT2D eigenvalue weighted by Crippen LogP contribution is 2.26. The molecule has 4 heteroatoms. The van der Waals surface area contributed by atoms with Gasteiger partial charge in [-0.1, -0.05) is 19.3 Å². The van der Waals surface area contributed by atoms with E-state index in [1.54, 1.807) is 6.07 Å². The summed E-state index contributed by atoms with van der Waals surface area (Å²) < 4.78 is 4.77. The smallest absolute Gasteiger partial charge is 0.340 e. The minimum absolute atomic E-state index is 0.382. The molecule has 110 valence electrons. The number of methoxy groups -OCH3 is 1. The van der Waals surface area contributed by atoms with Gasteiger partial charge < -0.3 is 15.8 Å². The van der Waals surface area contributed by atoms with Crippen molar-refractivity contribution in [2.24, 2.45) is 5.92 Å². The minimum atomic E-state index is -0.382. The zero-order chi connectivity index (χ0) is 14.5. The van der Waals surface area contributed by atoms with Gasteiger partial charge in [0.05, 0.1) is 12.7 Å². The molecule has 1 fully saturated rings. The number of nitrogens with one attached hydrogen (secondary N) is 1. The van der Waals surface area contributed by atoms with Gasteiger partial charge >= 0.3 is 5.97 Å². The number of aryl methyl sites for hydroxylation is 1. The second kappa shape index (κ2) is 6.64. The Balaban J connectivity index is 2.07. The Morgan fingerprint density at radius 1 is 1.35 bits per heavy atom. The molecule has 0 atom stereocenters. The third-order valence-electron chi connectivity index (χ3n) is 4.11. The van der Waals surface area contributed by atoms with E-state index in [1.807, 2.05) is 13.0 Å². The predicted octanol–water partition coefficient (Wildman–Crippen LogP) is 3.36. The summed E-state index contributed by atoms with van der Waals surface area (Å²) in [7, 11) is 1.37. The highest BCUT2D eigenvalue weighted by Gasteiger charge is 2.15. The van der Waals surface area contributed by atoms with E-state index in [2.05, 4.69) is 5.32 Å². The second-order valence-corrected chi connectivity index (χ2v) is 5.63. The molecule has 1 saturated carbocycles. The first-order valence-corrected chi connectivity index (χ1v) is 7.34. The lowest BCUT2D eigenvalue weighted by Crippen LogP contribution is -2.17. The summed E-state index contributed by atoms with van der Waals surface area (Å²) in [6.07, 6.45) is 6.63. The summed E-state index contributed by atoms with van der Waals surface area (Å²) in [4.78, 5) is 11.7. The number of hydrogen-bond acceptors (Lipinski definition) is 4. The predicted molar refractivity (Wildman–Crippen MR) is 82.0 cm³/mol. The van der Waals surface area contributed by atoms with Crippen molar-refractivity contribution in [3.63, 3.8) is 0 Å². The summed E-state index contributed by atoms with van der Waals surface area (Å²) in [6, 6.07) is 3.78. The van der Waals surface area contributed by atoms with Crippen molar-refractivity contribution in [2.75, 3.05) is 24.7 Å². The largest absolute Gasteiger partial charge is 0.465 e. The maximum absolute atomic E-state index is 11.7. The van der Waals surface area contributed by atoms with Crippen LogP contribution in [0.4, 0.5) is 11.4 Å². The van der Waals surface area contributed by atoms with E-state index in [9.17, 15) is 4.79 Å². The number of anilines is 2. The standard InChI is InChI=1S/C16H24N2O2/c1-11-8-13(9-14(15(11)17)16(19)20-2)18-10-12-6-4-3-5-7-12/h8-9,12,18H,3-7,10,17H2,1-2H3. The van der Waals surface area contributed by atoms with Gasteiger partial charge in [0.1, 0.15) is 0 Å². The zero-order valence-electron chi connectivity index (χ0n) is 12.4. The summed E-state index contributed by atoms with van der Waals surface area (Å²) in [6.45, 7) is 2.87. The van der Waals surface area contributed by atoms with E-state index in [1.165, 1.54) is 39.2 Å². The maximum atomic E-state index is 11.7. The molecule has 1 aliphatic carbocycles. The van der Waals surface area contributed by atoms with Crippen LogP contribution in [0.1, 0.15) is 48.0 Å². The van der Waals surface area contributed by atoms with Crippen molar-refractivity contribution in [3.05, 3.63) is 23.3 Å². The first-order chi connectivity index (χ1) is 9.61. The maximum Gasteiger partial charge on any atom is 0.340 e. The zero-order valence-corrected chi connectivity index (χ0v) is 12.4. The number of carbonyl (C=O) groups is 1. The molecule has 0 heterocycles. The average molecular weight is 276 g/mol. The summed E-state index contributed by atoms with van der Waals surface area (Å²) in [5, 5.41) is 3.44. The van der Waals surface area contributed by atoms with Gasteiger partial charge in [-0.2, -0.15) is 0 Å². The van der Waals surface area contributed by atoms with Crippen molar-refractivity contribution in [1.82, 2.24) is 0 Å². The molecule has 1 aromatic carbocycles. The van der Waals surface area contributed by atoms with Gasteiger partial charge in [0.15, 0.2) is 0 Å². The van der Waals surface area contributed by atoms with Gasteiger partial charge in [0.2, 0.25) is 0 Å². The number of nitrogen functional groups attached to an aromatic ring is 1. The molecule has 0 radical (unpaired) electrons. The van der Waals surface area contributed by atoms with E-state index in [0.29, 0.717) is 11.3 Å². The molecule has 0 aromatic heterocycles. The van der Waals surface area contributed by atoms with Crippen LogP contribution in [0.2, 0.25) is 0 Å². The molecular formula is C16H24N2O2. The lowest BCUT2D eigenvalue weighted by Gasteiger charge is -2.22. The van der Waals surface area contributed by atoms with Crippen molar-refractivity contribution >= 4 is 17.3 Å². The first-order valence-electron chi connectivity index (χ1n) is 7.34. The molecule has 0 spiro atoms. The second-order valence-electron chi connectivity index (χ2n) is 5.63. The van der Waals surface area contributed by atoms with E-state index < -0.39 is 0 Å². The minimum Gasteiger partial charge on any atom is -0.465 e. The van der Waals surface area contributed by atoms with Crippen molar-refractivity contribution < 1.29 is 9.53 Å². The number of benzene rings is 1. The van der Waals surface area contributed by atoms with Gasteiger partial charge in [-0.3, -0.25) is 0 Å². The number of nitrogens with two attached hydrogens (primary N) is 1. The number of rotatable bonds is 4. The third-order valence-corrected chi connectivity index (χ3v) is 4.11. The van der Waals surface area contributed by atoms with Crippen LogP contribution < -0.4 is 11.1 Å². The lowest BCUT2D eigenvalue weighted by atomic mass is 9.89. The number of carbonyl (C=O) groups excluding carboxylic acids is 1. The van der Waals surface area contributed by atoms with Crippen LogP contribution in [0.15, 0.2) is 12.1 Å². The molecule has 0 bridgehead atoms. The number of hydrogen-bond donors (Lipinski definition) is 2. The Hall–Kier alpha value is -1.71. The fourth-order valence-corrected chi connectivity index (χ4v) is 2.83. The van der Waals surface area contributed by atoms with Crippen LogP contribution in [0, 0.1) is 12.8 Å². The molecular weight excluding hydrogens is 252 g/mol. The Morgan fingerprint density at radius 2 is 2.05 bits per heavy atom. The fraction of sp³-hybridized carbons (Fsp3) is 0.562. The van der Waals surface area contributed by atoms with E-state index >= 15 is 0 Å². The molecule has 0 aliphatic heterocycles. The van der Waals surface area contributed by atoms with Crippen LogP contribution in [0.5, 0.6) is 0 Å². The molecule has 20 heavy (non-hydrogen) atoms. The lowest BCUT2D eigenvalue weighted by molar-refractivity contribution is 0.0602. The fourth-order valence-electron chi connectivity index (χ4n) is 2.83. The Bertz CT molecular complexity index is 480. The highest BCUT2D eigenvalue weighted by atomic mass is 16.5. The van der Waals surface area contributed by atoms with Crippen molar-refractivity contribution in [2.45, 2.75) is 39.0 Å². The van der Waals surface area contributed by atoms with Crippen LogP contribution in [-0.4, -0.2) is 19.6 Å². The molecule has 1 aliphatic rings. The highest BCUT2D eigenvalue weighted by molar-refractivity contribution is 5.97.